The molecule has 4 aromatic rings. The minimum Gasteiger partial charge on any atom is -0.481 e. The second-order valence-corrected chi connectivity index (χ2v) is 11.2. The van der Waals surface area contributed by atoms with Gasteiger partial charge in [-0.1, -0.05) is 19.9 Å². The van der Waals surface area contributed by atoms with Gasteiger partial charge < -0.3 is 19.9 Å². The van der Waals surface area contributed by atoms with E-state index in [4.69, 9.17) is 4.42 Å². The number of nitrogens with zero attached hydrogens (tertiary/aromatic N) is 3. The van der Waals surface area contributed by atoms with Crippen LogP contribution in [0.5, 0.6) is 0 Å². The van der Waals surface area contributed by atoms with Crippen molar-refractivity contribution in [1.29, 1.82) is 0 Å². The predicted molar refractivity (Wildman–Crippen MR) is 135 cm³/mol. The molecule has 35 heavy (non-hydrogen) atoms. The van der Waals surface area contributed by atoms with Gasteiger partial charge in [-0.2, -0.15) is 0 Å². The van der Waals surface area contributed by atoms with Crippen LogP contribution in [0.3, 0.4) is 0 Å². The smallest absolute Gasteiger partial charge is 0.307 e. The number of hydrogen-bond donors (Lipinski definition) is 3. The quantitative estimate of drug-likeness (QED) is 0.319. The number of carboxylic acid groups (broad SMARTS) is 1. The lowest BCUT2D eigenvalue weighted by molar-refractivity contribution is -0.154. The number of aryl methyl sites for hydroxylation is 2. The molecule has 0 spiro atoms. The topological polar surface area (TPSA) is 121 Å². The third-order valence-electron chi connectivity index (χ3n) is 6.83. The van der Waals surface area contributed by atoms with E-state index in [-0.39, 0.29) is 0 Å². The zero-order chi connectivity index (χ0) is 25.0. The molecule has 0 amide bonds. The van der Waals surface area contributed by atoms with Gasteiger partial charge in [-0.3, -0.25) is 4.79 Å². The first kappa shape index (κ1) is 23.4. The summed E-state index contributed by atoms with van der Waals surface area (Å²) < 4.78 is 5.43. The normalized spacial score (nSPS) is 21.8. The fraction of sp³-hybridized carbons (Fsp3) is 0.385. The molecule has 1 fully saturated rings. The summed E-state index contributed by atoms with van der Waals surface area (Å²) in [5.74, 6) is -0.785. The molecule has 1 aliphatic rings. The Morgan fingerprint density at radius 2 is 2.03 bits per heavy atom. The highest BCUT2D eigenvalue weighted by Crippen LogP contribution is 2.50. The van der Waals surface area contributed by atoms with E-state index >= 15 is 0 Å². The van der Waals surface area contributed by atoms with Crippen molar-refractivity contribution in [2.75, 3.05) is 5.32 Å². The Morgan fingerprint density at radius 1 is 1.23 bits per heavy atom. The van der Waals surface area contributed by atoms with Gasteiger partial charge in [-0.15, -0.1) is 11.3 Å². The lowest BCUT2D eigenvalue weighted by Crippen LogP contribution is -2.44. The minimum absolute atomic E-state index is 0.359. The van der Waals surface area contributed by atoms with Crippen LogP contribution in [0.25, 0.3) is 21.5 Å². The zero-order valence-corrected chi connectivity index (χ0v) is 20.9. The molecule has 182 valence electrons. The first-order valence-electron chi connectivity index (χ1n) is 11.6. The summed E-state index contributed by atoms with van der Waals surface area (Å²) in [6.45, 7) is 7.72. The summed E-state index contributed by atoms with van der Waals surface area (Å²) >= 11 is 1.45. The number of hydrogen-bond acceptors (Lipinski definition) is 8. The molecule has 0 aliphatic heterocycles. The Morgan fingerprint density at radius 3 is 2.77 bits per heavy atom. The number of carboxylic acids is 1. The lowest BCUT2D eigenvalue weighted by Gasteiger charge is -2.44. The van der Waals surface area contributed by atoms with Gasteiger partial charge >= 0.3 is 5.97 Å². The number of benzene rings is 1. The standard InChI is InChI=1S/C26H28N4O4S/c1-14-9-16(11-17(10-14)29-24-28-15(2)21-19(30-24)6-8-34-21)20-12-27-23(35-20)26(33)7-5-18(22(31)32)25(3,4)13-26/h6,8-12,18,33H,5,7,13H2,1-4H3,(H,31,32)(H,28,29,30). The molecule has 1 aliphatic carbocycles. The number of rotatable bonds is 5. The van der Waals surface area contributed by atoms with E-state index in [1.165, 1.54) is 11.3 Å². The zero-order valence-electron chi connectivity index (χ0n) is 20.1. The van der Waals surface area contributed by atoms with Crippen LogP contribution in [0.4, 0.5) is 11.6 Å². The highest BCUT2D eigenvalue weighted by Gasteiger charge is 2.49. The van der Waals surface area contributed by atoms with Gasteiger partial charge in [0.15, 0.2) is 5.58 Å². The lowest BCUT2D eigenvalue weighted by atomic mass is 9.63. The van der Waals surface area contributed by atoms with Crippen LogP contribution in [-0.4, -0.2) is 31.1 Å². The Labute approximate surface area is 207 Å². The average molecular weight is 493 g/mol. The van der Waals surface area contributed by atoms with E-state index in [0.717, 1.165) is 32.9 Å². The maximum atomic E-state index is 11.7. The van der Waals surface area contributed by atoms with Crippen LogP contribution >= 0.6 is 11.3 Å². The Balaban J connectivity index is 1.42. The van der Waals surface area contributed by atoms with Crippen molar-refractivity contribution in [2.24, 2.45) is 11.3 Å². The number of nitrogens with one attached hydrogen (secondary N) is 1. The highest BCUT2D eigenvalue weighted by molar-refractivity contribution is 7.15. The Bertz CT molecular complexity index is 1430. The van der Waals surface area contributed by atoms with E-state index in [2.05, 4.69) is 26.3 Å². The largest absolute Gasteiger partial charge is 0.481 e. The number of furan rings is 1. The van der Waals surface area contributed by atoms with Crippen molar-refractivity contribution in [3.63, 3.8) is 0 Å². The maximum Gasteiger partial charge on any atom is 0.307 e. The summed E-state index contributed by atoms with van der Waals surface area (Å²) in [6, 6.07) is 7.92. The van der Waals surface area contributed by atoms with Crippen LogP contribution in [0.15, 0.2) is 41.1 Å². The van der Waals surface area contributed by atoms with Gasteiger partial charge in [0.1, 0.15) is 16.1 Å². The molecule has 0 radical (unpaired) electrons. The summed E-state index contributed by atoms with van der Waals surface area (Å²) in [7, 11) is 0. The first-order valence-corrected chi connectivity index (χ1v) is 12.4. The molecule has 1 saturated carbocycles. The van der Waals surface area contributed by atoms with Gasteiger partial charge in [-0.05, 0) is 61.8 Å². The molecule has 3 aromatic heterocycles. The van der Waals surface area contributed by atoms with Crippen molar-refractivity contribution < 1.29 is 19.4 Å². The fourth-order valence-corrected chi connectivity index (χ4v) is 6.21. The summed E-state index contributed by atoms with van der Waals surface area (Å²) in [5.41, 5.74) is 3.40. The number of fused-ring (bicyclic) bond motifs is 1. The summed E-state index contributed by atoms with van der Waals surface area (Å²) in [6.07, 6.45) is 4.55. The number of carbonyl (C=O) groups is 1. The van der Waals surface area contributed by atoms with Crippen molar-refractivity contribution in [1.82, 2.24) is 15.0 Å². The van der Waals surface area contributed by atoms with Crippen molar-refractivity contribution in [3.05, 3.63) is 53.0 Å². The second-order valence-electron chi connectivity index (χ2n) is 10.1. The highest BCUT2D eigenvalue weighted by atomic mass is 32.1. The molecule has 8 nitrogen and oxygen atoms in total. The van der Waals surface area contributed by atoms with Gasteiger partial charge in [0.25, 0.3) is 0 Å². The number of aromatic nitrogens is 3. The minimum atomic E-state index is -1.13. The third-order valence-corrected chi connectivity index (χ3v) is 8.07. The molecule has 0 bridgehead atoms. The maximum absolute atomic E-state index is 11.7. The summed E-state index contributed by atoms with van der Waals surface area (Å²) in [5, 5.41) is 24.9. The molecular weight excluding hydrogens is 464 g/mol. The molecule has 3 N–H and O–H groups in total. The third kappa shape index (κ3) is 4.41. The van der Waals surface area contributed by atoms with E-state index in [1.54, 1.807) is 12.5 Å². The Hall–Kier alpha value is -3.30. The van der Waals surface area contributed by atoms with E-state index in [9.17, 15) is 15.0 Å². The van der Waals surface area contributed by atoms with Crippen LogP contribution in [-0.2, 0) is 10.4 Å². The molecule has 3 heterocycles. The molecule has 0 saturated heterocycles. The van der Waals surface area contributed by atoms with E-state index in [1.807, 2.05) is 45.9 Å². The van der Waals surface area contributed by atoms with E-state index < -0.39 is 22.9 Å². The van der Waals surface area contributed by atoms with Gasteiger partial charge in [0.05, 0.1) is 22.8 Å². The average Bonchev–Trinajstić information content (AvgIpc) is 3.43. The van der Waals surface area contributed by atoms with Crippen molar-refractivity contribution in [3.8, 4) is 10.4 Å². The molecule has 2 atom stereocenters. The fourth-order valence-electron chi connectivity index (χ4n) is 5.19. The molecule has 2 unspecified atom stereocenters. The SMILES string of the molecule is Cc1cc(Nc2nc(C)c3occc3n2)cc(-c2cnc(C3(O)CCC(C(=O)O)C(C)(C)C3)s2)c1. The van der Waals surface area contributed by atoms with Gasteiger partial charge in [-0.25, -0.2) is 15.0 Å². The second kappa shape index (κ2) is 8.42. The Kier molecular flexibility index (Phi) is 5.64. The monoisotopic (exact) mass is 492 g/mol. The molecular formula is C26H28N4O4S. The van der Waals surface area contributed by atoms with Crippen LogP contribution in [0.2, 0.25) is 0 Å². The molecule has 9 heteroatoms. The van der Waals surface area contributed by atoms with Crippen molar-refractivity contribution >= 4 is 40.0 Å². The number of aliphatic carboxylic acids is 1. The molecule has 5 rings (SSSR count). The van der Waals surface area contributed by atoms with Gasteiger partial charge in [0.2, 0.25) is 5.95 Å². The number of anilines is 2. The van der Waals surface area contributed by atoms with Crippen LogP contribution < -0.4 is 5.32 Å². The van der Waals surface area contributed by atoms with Crippen molar-refractivity contribution in [2.45, 2.75) is 52.6 Å². The van der Waals surface area contributed by atoms with E-state index in [0.29, 0.717) is 35.8 Å². The van der Waals surface area contributed by atoms with Crippen LogP contribution in [0.1, 0.15) is 49.4 Å². The first-order chi connectivity index (χ1) is 16.5. The number of aliphatic hydroxyl groups is 1. The summed E-state index contributed by atoms with van der Waals surface area (Å²) in [4.78, 5) is 26.2. The van der Waals surface area contributed by atoms with Crippen LogP contribution in [0, 0.1) is 25.2 Å². The number of thiazole rings is 1. The predicted octanol–water partition coefficient (Wildman–Crippen LogP) is 5.81. The van der Waals surface area contributed by atoms with Gasteiger partial charge in [0, 0.05) is 18.0 Å². The molecule has 1 aromatic carbocycles.